The van der Waals surface area contributed by atoms with Crippen molar-refractivity contribution in [1.82, 2.24) is 4.98 Å². The Hall–Kier alpha value is -2.75. The summed E-state index contributed by atoms with van der Waals surface area (Å²) in [5, 5.41) is 11.3. The van der Waals surface area contributed by atoms with Crippen LogP contribution >= 0.6 is 0 Å². The summed E-state index contributed by atoms with van der Waals surface area (Å²) in [7, 11) is 0. The summed E-state index contributed by atoms with van der Waals surface area (Å²) in [5.74, 6) is 0. The maximum atomic E-state index is 10.1. The van der Waals surface area contributed by atoms with Crippen LogP contribution in [0.5, 0.6) is 0 Å². The van der Waals surface area contributed by atoms with Gasteiger partial charge in [0.1, 0.15) is 0 Å². The lowest BCUT2D eigenvalue weighted by Crippen LogP contribution is -2.19. The van der Waals surface area contributed by atoms with E-state index in [2.05, 4.69) is 48.3 Å². The third kappa shape index (κ3) is 2.57. The van der Waals surface area contributed by atoms with Gasteiger partial charge in [-0.15, -0.1) is 4.58 Å². The number of aromatic nitrogens is 1. The number of aryl methyl sites for hydroxylation is 1. The fourth-order valence-corrected chi connectivity index (χ4v) is 3.20. The lowest BCUT2D eigenvalue weighted by molar-refractivity contribution is -0.583. The molecule has 0 spiro atoms. The zero-order valence-corrected chi connectivity index (χ0v) is 13.0. The minimum absolute atomic E-state index is 0.00150. The average Bonchev–Trinajstić information content (AvgIpc) is 3.10. The normalized spacial score (nSPS) is 17.7. The molecule has 4 rings (SSSR count). The first-order valence-electron chi connectivity index (χ1n) is 7.79. The summed E-state index contributed by atoms with van der Waals surface area (Å²) in [4.78, 5) is 3.36. The number of H-pyrrole nitrogens is 1. The molecule has 1 aliphatic heterocycles. The van der Waals surface area contributed by atoms with E-state index >= 15 is 0 Å². The highest BCUT2D eigenvalue weighted by atomic mass is 16.6. The quantitative estimate of drug-likeness (QED) is 0.725. The predicted molar refractivity (Wildman–Crippen MR) is 89.8 cm³/mol. The molecule has 1 aromatic heterocycles. The number of fused-ring (bicyclic) bond motifs is 1. The number of aromatic amines is 1. The smallest absolute Gasteiger partial charge is 0.430 e. The van der Waals surface area contributed by atoms with Gasteiger partial charge in [0.05, 0.1) is 0 Å². The molecular formula is C19H19N2O2+. The molecule has 3 aromatic rings. The Balaban J connectivity index is 1.66. The van der Waals surface area contributed by atoms with Gasteiger partial charge in [-0.1, -0.05) is 42.5 Å². The number of nitrogens with one attached hydrogen (secondary N) is 1. The Bertz CT molecular complexity index is 881. The second-order valence-electron chi connectivity index (χ2n) is 6.02. The summed E-state index contributed by atoms with van der Waals surface area (Å²) in [6, 6.07) is 18.7. The Morgan fingerprint density at radius 2 is 2.00 bits per heavy atom. The van der Waals surface area contributed by atoms with Crippen LogP contribution in [0.2, 0.25) is 0 Å². The van der Waals surface area contributed by atoms with Crippen molar-refractivity contribution < 1.29 is 14.4 Å². The van der Waals surface area contributed by atoms with E-state index < -0.39 is 0 Å². The standard InChI is InChI=1S/C19H18N2O2/c1-13-9-16-8-7-14(10-17(16)20-13)11-21-18(12-23-19(21)22)15-5-3-2-4-6-15/h2-10,18,20H,11-12H2,1H3/p+1. The first-order valence-corrected chi connectivity index (χ1v) is 7.79. The largest absolute Gasteiger partial charge is 0.547 e. The molecule has 23 heavy (non-hydrogen) atoms. The monoisotopic (exact) mass is 307 g/mol. The molecule has 0 saturated heterocycles. The molecule has 2 N–H and O–H groups in total. The van der Waals surface area contributed by atoms with E-state index in [9.17, 15) is 5.11 Å². The number of ether oxygens (including phenoxy) is 1. The molecule has 2 aromatic carbocycles. The minimum atomic E-state index is 0.00150. The number of benzene rings is 2. The second-order valence-corrected chi connectivity index (χ2v) is 6.02. The van der Waals surface area contributed by atoms with E-state index in [4.69, 9.17) is 4.74 Å². The molecule has 4 nitrogen and oxygen atoms in total. The van der Waals surface area contributed by atoms with E-state index in [0.29, 0.717) is 13.2 Å². The fourth-order valence-electron chi connectivity index (χ4n) is 3.20. The number of nitrogens with zero attached hydrogens (tertiary/aromatic N) is 1. The van der Waals surface area contributed by atoms with Gasteiger partial charge < -0.3 is 14.8 Å². The molecule has 0 saturated carbocycles. The zero-order valence-electron chi connectivity index (χ0n) is 13.0. The molecule has 1 aliphatic rings. The maximum Gasteiger partial charge on any atom is 0.547 e. The summed E-state index contributed by atoms with van der Waals surface area (Å²) < 4.78 is 7.30. The summed E-state index contributed by atoms with van der Waals surface area (Å²) in [5.41, 5.74) is 4.56. The predicted octanol–water partition coefficient (Wildman–Crippen LogP) is 3.67. The Morgan fingerprint density at radius 3 is 2.83 bits per heavy atom. The van der Waals surface area contributed by atoms with Gasteiger partial charge in [0.2, 0.25) is 6.04 Å². The molecule has 1 unspecified atom stereocenters. The maximum absolute atomic E-state index is 10.1. The summed E-state index contributed by atoms with van der Waals surface area (Å²) in [6.07, 6.45) is 0.00150. The van der Waals surface area contributed by atoms with Crippen LogP contribution in [-0.4, -0.2) is 27.4 Å². The first kappa shape index (κ1) is 13.9. The first-order chi connectivity index (χ1) is 11.2. The highest BCUT2D eigenvalue weighted by Gasteiger charge is 2.36. The van der Waals surface area contributed by atoms with Crippen LogP contribution in [0.1, 0.15) is 22.9 Å². The van der Waals surface area contributed by atoms with Gasteiger partial charge in [-0.3, -0.25) is 0 Å². The van der Waals surface area contributed by atoms with E-state index in [-0.39, 0.29) is 12.1 Å². The van der Waals surface area contributed by atoms with Crippen molar-refractivity contribution in [3.05, 3.63) is 71.4 Å². The highest BCUT2D eigenvalue weighted by molar-refractivity contribution is 5.81. The number of rotatable bonds is 3. The van der Waals surface area contributed by atoms with E-state index in [0.717, 1.165) is 22.3 Å². The SMILES string of the molecule is Cc1cc2ccc(C[N+]3=C(O)OCC3c3ccccc3)cc2[nH]1. The van der Waals surface area contributed by atoms with Crippen LogP contribution < -0.4 is 0 Å². The number of hydrogen-bond acceptors (Lipinski definition) is 1. The van der Waals surface area contributed by atoms with Gasteiger partial charge in [0.25, 0.3) is 0 Å². The third-order valence-electron chi connectivity index (χ3n) is 4.35. The van der Waals surface area contributed by atoms with Gasteiger partial charge in [-0.2, -0.15) is 0 Å². The fraction of sp³-hybridized carbons (Fsp3) is 0.211. The van der Waals surface area contributed by atoms with Crippen molar-refractivity contribution in [2.45, 2.75) is 19.5 Å². The Labute approximate surface area is 134 Å². The molecule has 0 amide bonds. The molecule has 116 valence electrons. The highest BCUT2D eigenvalue weighted by Crippen LogP contribution is 2.25. The molecule has 0 aliphatic carbocycles. The molecule has 0 fully saturated rings. The lowest BCUT2D eigenvalue weighted by atomic mass is 10.1. The number of aliphatic hydroxyl groups is 1. The zero-order chi connectivity index (χ0) is 15.8. The lowest BCUT2D eigenvalue weighted by Gasteiger charge is -2.08. The van der Waals surface area contributed by atoms with Gasteiger partial charge in [0.15, 0.2) is 13.2 Å². The van der Waals surface area contributed by atoms with Crippen LogP contribution in [0.4, 0.5) is 0 Å². The van der Waals surface area contributed by atoms with E-state index in [1.165, 1.54) is 5.39 Å². The average molecular weight is 307 g/mol. The van der Waals surface area contributed by atoms with Gasteiger partial charge in [-0.25, -0.2) is 0 Å². The van der Waals surface area contributed by atoms with Gasteiger partial charge in [-0.05, 0) is 24.4 Å². The van der Waals surface area contributed by atoms with Crippen molar-refractivity contribution in [3.8, 4) is 0 Å². The van der Waals surface area contributed by atoms with Crippen LogP contribution in [0.3, 0.4) is 0 Å². The topological polar surface area (TPSA) is 48.3 Å². The van der Waals surface area contributed by atoms with Crippen molar-refractivity contribution in [2.75, 3.05) is 6.61 Å². The van der Waals surface area contributed by atoms with Crippen molar-refractivity contribution in [2.24, 2.45) is 0 Å². The molecule has 2 heterocycles. The summed E-state index contributed by atoms with van der Waals surface area (Å²) in [6.45, 7) is 3.14. The van der Waals surface area contributed by atoms with E-state index in [1.54, 1.807) is 0 Å². The third-order valence-corrected chi connectivity index (χ3v) is 4.35. The van der Waals surface area contributed by atoms with E-state index in [1.807, 2.05) is 22.8 Å². The molecule has 0 bridgehead atoms. The molecule has 1 atom stereocenters. The number of hydrogen-bond donors (Lipinski definition) is 2. The van der Waals surface area contributed by atoms with Crippen LogP contribution in [0, 0.1) is 6.92 Å². The second kappa shape index (κ2) is 5.47. The summed E-state index contributed by atoms with van der Waals surface area (Å²) >= 11 is 0. The van der Waals surface area contributed by atoms with Crippen molar-refractivity contribution in [3.63, 3.8) is 0 Å². The molecule has 0 radical (unpaired) electrons. The number of aliphatic hydroxyl groups excluding tert-OH is 1. The Kier molecular flexibility index (Phi) is 3.30. The Morgan fingerprint density at radius 1 is 1.17 bits per heavy atom. The molecule has 4 heteroatoms. The van der Waals surface area contributed by atoms with Crippen LogP contribution in [-0.2, 0) is 11.3 Å². The van der Waals surface area contributed by atoms with Crippen molar-refractivity contribution >= 4 is 17.0 Å². The molecular weight excluding hydrogens is 288 g/mol. The van der Waals surface area contributed by atoms with Gasteiger partial charge >= 0.3 is 6.08 Å². The minimum Gasteiger partial charge on any atom is -0.430 e. The van der Waals surface area contributed by atoms with Gasteiger partial charge in [0, 0.05) is 22.3 Å². The van der Waals surface area contributed by atoms with Crippen LogP contribution in [0.25, 0.3) is 10.9 Å². The van der Waals surface area contributed by atoms with Crippen molar-refractivity contribution in [1.29, 1.82) is 0 Å². The van der Waals surface area contributed by atoms with Crippen LogP contribution in [0.15, 0.2) is 54.6 Å².